The fourth-order valence-corrected chi connectivity index (χ4v) is 4.24. The van der Waals surface area contributed by atoms with Crippen LogP contribution in [0.5, 0.6) is 5.75 Å². The SMILES string of the molecule is CCOC1=CC[Te]c2cc(OC)ccc21.O=S(=O)(O)F. The summed E-state index contributed by atoms with van der Waals surface area (Å²) in [6.45, 7) is 2.76. The van der Waals surface area contributed by atoms with E-state index >= 15 is 0 Å². The molecule has 8 heteroatoms. The normalized spacial score (nSPS) is 13.5. The van der Waals surface area contributed by atoms with Gasteiger partial charge in [-0.15, -0.1) is 0 Å². The van der Waals surface area contributed by atoms with Crippen molar-refractivity contribution >= 4 is 40.8 Å². The quantitative estimate of drug-likeness (QED) is 0.459. The molecule has 0 aromatic heterocycles. The number of halogens is 1. The second-order valence-electron chi connectivity index (χ2n) is 3.59. The van der Waals surface area contributed by atoms with Crippen LogP contribution >= 0.6 is 0 Å². The van der Waals surface area contributed by atoms with Crippen LogP contribution in [-0.4, -0.2) is 47.6 Å². The van der Waals surface area contributed by atoms with Crippen molar-refractivity contribution < 1.29 is 26.3 Å². The Hall–Kier alpha value is -0.810. The minimum Gasteiger partial charge on any atom is -0.260 e. The van der Waals surface area contributed by atoms with E-state index in [1.165, 1.54) is 13.6 Å². The number of methoxy groups -OCH3 is 1. The zero-order chi connectivity index (χ0) is 15.2. The first kappa shape index (κ1) is 17.2. The molecule has 1 aromatic rings. The summed E-state index contributed by atoms with van der Waals surface area (Å²) in [7, 11) is -3.45. The number of hydrogen-bond acceptors (Lipinski definition) is 4. The van der Waals surface area contributed by atoms with E-state index in [0.29, 0.717) is 0 Å². The monoisotopic (exact) mass is 420 g/mol. The van der Waals surface area contributed by atoms with Crippen LogP contribution in [0.3, 0.4) is 0 Å². The van der Waals surface area contributed by atoms with Crippen molar-refractivity contribution in [3.8, 4) is 5.75 Å². The summed E-state index contributed by atoms with van der Waals surface area (Å²) in [5, 5.41) is 0. The number of fused-ring (bicyclic) bond motifs is 1. The maximum Gasteiger partial charge on any atom is 0.435 e. The van der Waals surface area contributed by atoms with E-state index in [1.807, 2.05) is 13.0 Å². The first-order chi connectivity index (χ1) is 9.35. The molecule has 0 amide bonds. The molecule has 1 aliphatic rings. The standard InChI is InChI=1S/C12H14O2Te.FHO3S/c1-3-14-11-6-7-15-12-8-9(13-2)4-5-10(11)12;1-5(2,3)4/h4-6,8H,3,7H2,1-2H3;(H,2,3,4). The molecule has 1 aliphatic heterocycles. The van der Waals surface area contributed by atoms with Gasteiger partial charge in [-0.3, -0.25) is 4.55 Å². The Morgan fingerprint density at radius 2 is 2.10 bits per heavy atom. The molecular weight excluding hydrogens is 403 g/mol. The molecule has 0 aliphatic carbocycles. The van der Waals surface area contributed by atoms with Crippen molar-refractivity contribution in [1.82, 2.24) is 0 Å². The molecule has 1 aromatic carbocycles. The summed E-state index contributed by atoms with van der Waals surface area (Å²) in [6.07, 6.45) is 2.22. The van der Waals surface area contributed by atoms with Gasteiger partial charge in [0.25, 0.3) is 0 Å². The number of hydrogen-bond donors (Lipinski definition) is 1. The van der Waals surface area contributed by atoms with E-state index < -0.39 is 10.5 Å². The van der Waals surface area contributed by atoms with Crippen LogP contribution in [0.4, 0.5) is 3.89 Å². The molecule has 0 unspecified atom stereocenters. The Morgan fingerprint density at radius 1 is 1.45 bits per heavy atom. The van der Waals surface area contributed by atoms with Crippen molar-refractivity contribution in [2.24, 2.45) is 0 Å². The number of benzene rings is 1. The molecule has 112 valence electrons. The van der Waals surface area contributed by atoms with Crippen LogP contribution < -0.4 is 8.35 Å². The molecule has 0 atom stereocenters. The van der Waals surface area contributed by atoms with Crippen LogP contribution in [-0.2, 0) is 15.2 Å². The van der Waals surface area contributed by atoms with Gasteiger partial charge in [0.2, 0.25) is 0 Å². The molecule has 20 heavy (non-hydrogen) atoms. The Labute approximate surface area is 127 Å². The van der Waals surface area contributed by atoms with Gasteiger partial charge in [-0.05, 0) is 0 Å². The Kier molecular flexibility index (Phi) is 6.76. The van der Waals surface area contributed by atoms with E-state index in [9.17, 15) is 3.89 Å². The molecule has 0 radical (unpaired) electrons. The smallest absolute Gasteiger partial charge is 0.260 e. The summed E-state index contributed by atoms with van der Waals surface area (Å²) < 4.78 is 47.6. The fraction of sp³-hybridized carbons (Fsp3) is 0.333. The summed E-state index contributed by atoms with van der Waals surface area (Å²) in [4.78, 5) is 0. The van der Waals surface area contributed by atoms with Gasteiger partial charge in [0, 0.05) is 0 Å². The van der Waals surface area contributed by atoms with Gasteiger partial charge in [-0.25, -0.2) is 0 Å². The van der Waals surface area contributed by atoms with E-state index in [0.717, 1.165) is 18.1 Å². The van der Waals surface area contributed by atoms with E-state index in [2.05, 4.69) is 18.2 Å². The zero-order valence-electron chi connectivity index (χ0n) is 11.0. The summed E-state index contributed by atoms with van der Waals surface area (Å²) in [5.41, 5.74) is 1.27. The van der Waals surface area contributed by atoms with Crippen LogP contribution in [0.25, 0.3) is 5.76 Å². The molecule has 0 bridgehead atoms. The molecule has 0 saturated carbocycles. The predicted molar refractivity (Wildman–Crippen MR) is 75.4 cm³/mol. The van der Waals surface area contributed by atoms with Crippen LogP contribution in [0, 0.1) is 0 Å². The summed E-state index contributed by atoms with van der Waals surface area (Å²) in [5.74, 6) is 2.00. The van der Waals surface area contributed by atoms with Crippen molar-refractivity contribution in [2.45, 2.75) is 11.4 Å². The molecule has 0 fully saturated rings. The largest absolute Gasteiger partial charge is 0.435 e. The Morgan fingerprint density at radius 3 is 2.65 bits per heavy atom. The number of ether oxygens (including phenoxy) is 2. The van der Waals surface area contributed by atoms with Gasteiger partial charge < -0.3 is 0 Å². The van der Waals surface area contributed by atoms with Gasteiger partial charge >= 0.3 is 111 Å². The average Bonchev–Trinajstić information content (AvgIpc) is 2.37. The molecular formula is C12H15FO5STe. The zero-order valence-corrected chi connectivity index (χ0v) is 14.1. The number of rotatable bonds is 3. The second-order valence-corrected chi connectivity index (χ2v) is 7.44. The maximum atomic E-state index is 10.2. The molecule has 1 heterocycles. The van der Waals surface area contributed by atoms with Gasteiger partial charge in [-0.2, -0.15) is 8.42 Å². The number of allylic oxidation sites excluding steroid dienone is 1. The third-order valence-electron chi connectivity index (χ3n) is 2.26. The summed E-state index contributed by atoms with van der Waals surface area (Å²) in [6, 6.07) is 6.27. The summed E-state index contributed by atoms with van der Waals surface area (Å²) >= 11 is -0.0802. The Balaban J connectivity index is 0.000000347. The van der Waals surface area contributed by atoms with Crippen molar-refractivity contribution in [2.75, 3.05) is 13.7 Å². The molecule has 2 rings (SSSR count). The first-order valence-electron chi connectivity index (χ1n) is 5.66. The van der Waals surface area contributed by atoms with Crippen LogP contribution in [0.15, 0.2) is 24.3 Å². The molecule has 5 nitrogen and oxygen atoms in total. The topological polar surface area (TPSA) is 72.8 Å². The molecule has 1 N–H and O–H groups in total. The fourth-order valence-electron chi connectivity index (χ4n) is 1.56. The van der Waals surface area contributed by atoms with Crippen molar-refractivity contribution in [3.63, 3.8) is 0 Å². The minimum atomic E-state index is -5.17. The van der Waals surface area contributed by atoms with E-state index in [1.54, 1.807) is 7.11 Å². The second kappa shape index (κ2) is 7.84. The van der Waals surface area contributed by atoms with Gasteiger partial charge in [-0.1, -0.05) is 3.89 Å². The Bertz CT molecular complexity index is 578. The molecule has 0 saturated heterocycles. The predicted octanol–water partition coefficient (Wildman–Crippen LogP) is 1.59. The van der Waals surface area contributed by atoms with E-state index in [-0.39, 0.29) is 20.9 Å². The van der Waals surface area contributed by atoms with E-state index in [4.69, 9.17) is 22.4 Å². The first-order valence-corrected chi connectivity index (χ1v) is 9.81. The average molecular weight is 418 g/mol. The van der Waals surface area contributed by atoms with Gasteiger partial charge in [0.15, 0.2) is 0 Å². The third kappa shape index (κ3) is 6.09. The van der Waals surface area contributed by atoms with Crippen LogP contribution in [0.1, 0.15) is 12.5 Å². The third-order valence-corrected chi connectivity index (χ3v) is 5.06. The van der Waals surface area contributed by atoms with Gasteiger partial charge in [0.1, 0.15) is 0 Å². The van der Waals surface area contributed by atoms with Crippen molar-refractivity contribution in [3.05, 3.63) is 29.8 Å². The maximum absolute atomic E-state index is 10.2. The van der Waals surface area contributed by atoms with Gasteiger partial charge in [0.05, 0.1) is 0 Å². The van der Waals surface area contributed by atoms with Crippen LogP contribution in [0.2, 0.25) is 4.47 Å². The molecule has 0 spiro atoms. The van der Waals surface area contributed by atoms with Crippen molar-refractivity contribution in [1.29, 1.82) is 0 Å². The minimum absolute atomic E-state index is 0.0802.